The Morgan fingerprint density at radius 2 is 1.69 bits per heavy atom. The predicted molar refractivity (Wildman–Crippen MR) is 73.8 cm³/mol. The minimum absolute atomic E-state index is 0.358. The van der Waals surface area contributed by atoms with Crippen molar-refractivity contribution in [1.29, 1.82) is 0 Å². The number of hydrogen-bond acceptors (Lipinski definition) is 3. The molecular formula is C11H28O3Si2. The number of ether oxygens (including phenoxy) is 1. The van der Waals surface area contributed by atoms with Gasteiger partial charge in [-0.1, -0.05) is 0 Å². The standard InChI is InChI=1S/C11H28O3Si2/c1-11(12)10-13-8-7-9-16(5,6)14-15(2,3)4/h11-12H,7-10H2,1-6H3. The smallest absolute Gasteiger partial charge is 0.173 e. The molecule has 1 unspecified atom stereocenters. The molecule has 0 aliphatic heterocycles. The molecule has 0 bridgehead atoms. The van der Waals surface area contributed by atoms with Gasteiger partial charge in [0.25, 0.3) is 0 Å². The Labute approximate surface area is 102 Å². The monoisotopic (exact) mass is 264 g/mol. The van der Waals surface area contributed by atoms with Crippen molar-refractivity contribution in [2.24, 2.45) is 0 Å². The van der Waals surface area contributed by atoms with E-state index in [2.05, 4.69) is 32.7 Å². The molecule has 0 aliphatic rings. The summed E-state index contributed by atoms with van der Waals surface area (Å²) in [5.74, 6) is 0. The summed E-state index contributed by atoms with van der Waals surface area (Å²) in [6.45, 7) is 14.2. The molecule has 1 N–H and O–H groups in total. The van der Waals surface area contributed by atoms with Gasteiger partial charge in [-0.05, 0) is 52.1 Å². The van der Waals surface area contributed by atoms with Crippen LogP contribution >= 0.6 is 0 Å². The molecule has 5 heteroatoms. The van der Waals surface area contributed by atoms with E-state index >= 15 is 0 Å². The first kappa shape index (κ1) is 16.3. The molecule has 0 aromatic rings. The van der Waals surface area contributed by atoms with E-state index in [0.29, 0.717) is 6.61 Å². The fraction of sp³-hybridized carbons (Fsp3) is 1.00. The van der Waals surface area contributed by atoms with Crippen molar-refractivity contribution in [1.82, 2.24) is 0 Å². The zero-order chi connectivity index (χ0) is 12.8. The number of rotatable bonds is 8. The van der Waals surface area contributed by atoms with Gasteiger partial charge >= 0.3 is 0 Å². The Morgan fingerprint density at radius 1 is 1.12 bits per heavy atom. The van der Waals surface area contributed by atoms with Crippen molar-refractivity contribution in [2.45, 2.75) is 58.2 Å². The second kappa shape index (κ2) is 6.91. The maximum atomic E-state index is 9.03. The Balaban J connectivity index is 3.66. The summed E-state index contributed by atoms with van der Waals surface area (Å²) in [5.41, 5.74) is 0. The number of hydrogen-bond donors (Lipinski definition) is 1. The van der Waals surface area contributed by atoms with E-state index in [9.17, 15) is 0 Å². The van der Waals surface area contributed by atoms with E-state index in [0.717, 1.165) is 19.1 Å². The number of aliphatic hydroxyl groups excluding tert-OH is 1. The lowest BCUT2D eigenvalue weighted by Crippen LogP contribution is -2.42. The van der Waals surface area contributed by atoms with Gasteiger partial charge < -0.3 is 14.0 Å². The van der Waals surface area contributed by atoms with E-state index in [4.69, 9.17) is 14.0 Å². The second-order valence-corrected chi connectivity index (χ2v) is 15.1. The third-order valence-electron chi connectivity index (χ3n) is 2.01. The van der Waals surface area contributed by atoms with Crippen LogP contribution in [0.25, 0.3) is 0 Å². The lowest BCUT2D eigenvalue weighted by molar-refractivity contribution is 0.0464. The van der Waals surface area contributed by atoms with E-state index in [-0.39, 0.29) is 6.10 Å². The Kier molecular flexibility index (Phi) is 7.04. The highest BCUT2D eigenvalue weighted by Crippen LogP contribution is 2.19. The van der Waals surface area contributed by atoms with E-state index < -0.39 is 16.6 Å². The summed E-state index contributed by atoms with van der Waals surface area (Å²) in [6.07, 6.45) is 0.680. The zero-order valence-corrected chi connectivity index (χ0v) is 13.7. The molecule has 0 fully saturated rings. The largest absolute Gasteiger partial charge is 0.456 e. The van der Waals surface area contributed by atoms with Crippen LogP contribution in [0.15, 0.2) is 0 Å². The second-order valence-electron chi connectivity index (χ2n) is 6.00. The summed E-state index contributed by atoms with van der Waals surface area (Å²) >= 11 is 0. The first-order chi connectivity index (χ1) is 7.12. The van der Waals surface area contributed by atoms with Crippen molar-refractivity contribution >= 4 is 16.6 Å². The lowest BCUT2D eigenvalue weighted by atomic mass is 10.4. The van der Waals surface area contributed by atoms with Gasteiger partial charge in [0.15, 0.2) is 16.6 Å². The van der Waals surface area contributed by atoms with Crippen LogP contribution in [0.2, 0.25) is 38.8 Å². The molecule has 0 saturated carbocycles. The molecule has 0 heterocycles. The molecular weight excluding hydrogens is 236 g/mol. The Bertz CT molecular complexity index is 188. The van der Waals surface area contributed by atoms with Gasteiger partial charge in [0.1, 0.15) is 0 Å². The molecule has 0 radical (unpaired) electrons. The van der Waals surface area contributed by atoms with Gasteiger partial charge in [-0.15, -0.1) is 0 Å². The summed E-state index contributed by atoms with van der Waals surface area (Å²) < 4.78 is 11.6. The minimum atomic E-state index is -1.50. The highest BCUT2D eigenvalue weighted by molar-refractivity contribution is 6.84. The average molecular weight is 265 g/mol. The summed E-state index contributed by atoms with van der Waals surface area (Å²) in [5, 5.41) is 9.03. The summed E-state index contributed by atoms with van der Waals surface area (Å²) in [7, 11) is -2.89. The molecule has 0 saturated heterocycles. The maximum absolute atomic E-state index is 9.03. The van der Waals surface area contributed by atoms with Crippen molar-refractivity contribution < 1.29 is 14.0 Å². The first-order valence-electron chi connectivity index (χ1n) is 6.08. The maximum Gasteiger partial charge on any atom is 0.173 e. The van der Waals surface area contributed by atoms with E-state index in [1.54, 1.807) is 6.92 Å². The van der Waals surface area contributed by atoms with Gasteiger partial charge in [0, 0.05) is 6.61 Å². The van der Waals surface area contributed by atoms with Crippen molar-refractivity contribution in [2.75, 3.05) is 13.2 Å². The average Bonchev–Trinajstić information content (AvgIpc) is 1.97. The topological polar surface area (TPSA) is 38.7 Å². The van der Waals surface area contributed by atoms with Crippen LogP contribution in [-0.4, -0.2) is 41.1 Å². The molecule has 3 nitrogen and oxygen atoms in total. The van der Waals surface area contributed by atoms with Crippen molar-refractivity contribution in [3.8, 4) is 0 Å². The SMILES string of the molecule is CC(O)COCCC[Si](C)(C)O[Si](C)(C)C. The lowest BCUT2D eigenvalue weighted by Gasteiger charge is -2.31. The van der Waals surface area contributed by atoms with Gasteiger partial charge in [0.2, 0.25) is 0 Å². The zero-order valence-electron chi connectivity index (χ0n) is 11.7. The number of aliphatic hydroxyl groups is 1. The quantitative estimate of drug-likeness (QED) is 0.541. The molecule has 98 valence electrons. The highest BCUT2D eigenvalue weighted by atomic mass is 28.4. The van der Waals surface area contributed by atoms with E-state index in [1.165, 1.54) is 0 Å². The van der Waals surface area contributed by atoms with Crippen LogP contribution in [0.3, 0.4) is 0 Å². The summed E-state index contributed by atoms with van der Waals surface area (Å²) in [4.78, 5) is 0. The van der Waals surface area contributed by atoms with Crippen LogP contribution < -0.4 is 0 Å². The van der Waals surface area contributed by atoms with Crippen LogP contribution in [0.1, 0.15) is 13.3 Å². The predicted octanol–water partition coefficient (Wildman–Crippen LogP) is 2.83. The highest BCUT2D eigenvalue weighted by Gasteiger charge is 2.28. The third-order valence-corrected chi connectivity index (χ3v) is 8.23. The van der Waals surface area contributed by atoms with Crippen molar-refractivity contribution in [3.05, 3.63) is 0 Å². The molecule has 1 atom stereocenters. The van der Waals surface area contributed by atoms with Gasteiger partial charge in [-0.2, -0.15) is 0 Å². The molecule has 0 aromatic heterocycles. The third kappa shape index (κ3) is 10.8. The van der Waals surface area contributed by atoms with Gasteiger partial charge in [-0.25, -0.2) is 0 Å². The Hall–Kier alpha value is 0.314. The fourth-order valence-electron chi connectivity index (χ4n) is 1.73. The fourth-order valence-corrected chi connectivity index (χ4v) is 9.77. The van der Waals surface area contributed by atoms with Crippen LogP contribution in [-0.2, 0) is 8.85 Å². The molecule has 0 spiro atoms. The molecule has 0 rings (SSSR count). The molecule has 0 aliphatic carbocycles. The molecule has 0 amide bonds. The summed E-state index contributed by atoms with van der Waals surface area (Å²) in [6, 6.07) is 1.14. The van der Waals surface area contributed by atoms with Gasteiger partial charge in [-0.3, -0.25) is 0 Å². The van der Waals surface area contributed by atoms with Crippen molar-refractivity contribution in [3.63, 3.8) is 0 Å². The van der Waals surface area contributed by atoms with E-state index in [1.807, 2.05) is 0 Å². The first-order valence-corrected chi connectivity index (χ1v) is 12.6. The van der Waals surface area contributed by atoms with Crippen LogP contribution in [0, 0.1) is 0 Å². The minimum Gasteiger partial charge on any atom is -0.456 e. The molecule has 16 heavy (non-hydrogen) atoms. The Morgan fingerprint density at radius 3 is 2.12 bits per heavy atom. The van der Waals surface area contributed by atoms with Gasteiger partial charge in [0.05, 0.1) is 12.7 Å². The molecule has 0 aromatic carbocycles. The van der Waals surface area contributed by atoms with Crippen LogP contribution in [0.5, 0.6) is 0 Å². The van der Waals surface area contributed by atoms with Crippen LogP contribution in [0.4, 0.5) is 0 Å². The normalized spacial score (nSPS) is 15.2.